The summed E-state index contributed by atoms with van der Waals surface area (Å²) in [4.78, 5) is 26.0. The van der Waals surface area contributed by atoms with Gasteiger partial charge >= 0.3 is 24.3 Å². The summed E-state index contributed by atoms with van der Waals surface area (Å²) in [5.74, 6) is -3.88. The Morgan fingerprint density at radius 1 is 0.974 bits per heavy atom. The molecule has 0 aromatic carbocycles. The largest absolute Gasteiger partial charge is 0.490 e. The predicted octanol–water partition coefficient (Wildman–Crippen LogP) is 3.07. The maximum atomic E-state index is 12.6. The predicted molar refractivity (Wildman–Crippen MR) is 119 cm³/mol. The highest BCUT2D eigenvalue weighted by Gasteiger charge is 2.53. The molecule has 210 valence electrons. The molecule has 1 unspecified atom stereocenters. The normalized spacial score (nSPS) is 18.7. The quantitative estimate of drug-likeness (QED) is 0.509. The molecule has 2 N–H and O–H groups in total. The number of thioether (sulfide) groups is 1. The molecular weight excluding hydrogens is 572 g/mol. The topological polar surface area (TPSA) is 147 Å². The van der Waals surface area contributed by atoms with Crippen LogP contribution in [0.1, 0.15) is 6.42 Å². The number of carbonyl (C=O) groups is 2. The molecule has 1 spiro atoms. The summed E-state index contributed by atoms with van der Waals surface area (Å²) >= 11 is 1.81. The summed E-state index contributed by atoms with van der Waals surface area (Å²) < 4.78 is 96.1. The molecule has 0 bridgehead atoms. The Hall–Kier alpha value is -3.12. The van der Waals surface area contributed by atoms with E-state index in [1.54, 1.807) is 42.5 Å². The van der Waals surface area contributed by atoms with Crippen molar-refractivity contribution < 1.29 is 59.3 Å². The third kappa shape index (κ3) is 8.73. The van der Waals surface area contributed by atoms with Crippen molar-refractivity contribution >= 4 is 33.7 Å². The van der Waals surface area contributed by atoms with Crippen molar-refractivity contribution in [1.82, 2.24) is 14.3 Å². The maximum Gasteiger partial charge on any atom is 0.490 e. The zero-order valence-corrected chi connectivity index (χ0v) is 20.5. The lowest BCUT2D eigenvalue weighted by Crippen LogP contribution is -2.60. The molecule has 2 saturated heterocycles. The van der Waals surface area contributed by atoms with Crippen LogP contribution in [0.5, 0.6) is 5.75 Å². The average Bonchev–Trinajstić information content (AvgIpc) is 3.23. The van der Waals surface area contributed by atoms with E-state index in [0.717, 1.165) is 17.9 Å². The van der Waals surface area contributed by atoms with Crippen molar-refractivity contribution in [3.63, 3.8) is 0 Å². The smallest absolute Gasteiger partial charge is 0.488 e. The van der Waals surface area contributed by atoms with Gasteiger partial charge in [0.05, 0.1) is 6.20 Å². The van der Waals surface area contributed by atoms with E-state index in [2.05, 4.69) is 9.97 Å². The molecule has 4 rings (SSSR count). The molecule has 0 radical (unpaired) electrons. The summed E-state index contributed by atoms with van der Waals surface area (Å²) in [5, 5.41) is 14.2. The molecule has 0 amide bonds. The van der Waals surface area contributed by atoms with Crippen LogP contribution in [0.3, 0.4) is 0 Å². The lowest BCUT2D eigenvalue weighted by molar-refractivity contribution is -0.193. The van der Waals surface area contributed by atoms with Gasteiger partial charge in [-0.05, 0) is 24.3 Å². The van der Waals surface area contributed by atoms with Crippen molar-refractivity contribution in [2.24, 2.45) is 0 Å². The molecule has 0 aliphatic carbocycles. The first kappa shape index (κ1) is 31.1. The van der Waals surface area contributed by atoms with E-state index in [1.165, 1.54) is 10.5 Å². The van der Waals surface area contributed by atoms with Crippen LogP contribution in [0.25, 0.3) is 0 Å². The Balaban J connectivity index is 0.000000301. The maximum absolute atomic E-state index is 12.6. The summed E-state index contributed by atoms with van der Waals surface area (Å²) in [6, 6.07) is 6.97. The highest BCUT2D eigenvalue weighted by molar-refractivity contribution is 8.01. The molecule has 4 heterocycles. The Kier molecular flexibility index (Phi) is 9.95. The number of halogens is 6. The minimum absolute atomic E-state index is 0.0256. The number of nitrogens with zero attached hydrogens (tertiary/aromatic N) is 3. The fraction of sp³-hybridized carbons (Fsp3) is 0.400. The number of aliphatic carboxylic acids is 2. The van der Waals surface area contributed by atoms with Crippen LogP contribution in [0, 0.1) is 0 Å². The van der Waals surface area contributed by atoms with Gasteiger partial charge < -0.3 is 14.9 Å². The summed E-state index contributed by atoms with van der Waals surface area (Å²) in [5.41, 5.74) is 0. The first-order valence-electron chi connectivity index (χ1n) is 10.2. The lowest BCUT2D eigenvalue weighted by Gasteiger charge is -2.46. The van der Waals surface area contributed by atoms with Crippen LogP contribution in [0.15, 0.2) is 53.9 Å². The third-order valence-corrected chi connectivity index (χ3v) is 8.15. The van der Waals surface area contributed by atoms with Gasteiger partial charge in [-0.15, -0.1) is 11.8 Å². The van der Waals surface area contributed by atoms with E-state index >= 15 is 0 Å². The number of aromatic nitrogens is 2. The van der Waals surface area contributed by atoms with Gasteiger partial charge in [-0.25, -0.2) is 18.0 Å². The van der Waals surface area contributed by atoms with Crippen LogP contribution in [-0.4, -0.2) is 86.9 Å². The van der Waals surface area contributed by atoms with E-state index in [9.17, 15) is 34.8 Å². The highest BCUT2D eigenvalue weighted by Crippen LogP contribution is 2.47. The Bertz CT molecular complexity index is 1170. The van der Waals surface area contributed by atoms with Gasteiger partial charge in [0.1, 0.15) is 16.7 Å². The minimum atomic E-state index is -5.08. The van der Waals surface area contributed by atoms with Gasteiger partial charge in [0.25, 0.3) is 0 Å². The second-order valence-corrected chi connectivity index (χ2v) is 11.1. The van der Waals surface area contributed by atoms with Crippen LogP contribution in [-0.2, 0) is 19.6 Å². The molecule has 18 heteroatoms. The number of carboxylic acids is 2. The fourth-order valence-corrected chi connectivity index (χ4v) is 6.39. The number of hydrogen-bond donors (Lipinski definition) is 2. The summed E-state index contributed by atoms with van der Waals surface area (Å²) in [6.07, 6.45) is -2.82. The average molecular weight is 592 g/mol. The number of sulfonamides is 1. The third-order valence-electron chi connectivity index (χ3n) is 4.80. The molecule has 2 aromatic rings. The zero-order valence-electron chi connectivity index (χ0n) is 18.9. The second-order valence-electron chi connectivity index (χ2n) is 7.69. The monoisotopic (exact) mass is 591 g/mol. The van der Waals surface area contributed by atoms with Crippen LogP contribution in [0.2, 0.25) is 0 Å². The second kappa shape index (κ2) is 12.2. The molecule has 1 atom stereocenters. The van der Waals surface area contributed by atoms with Crippen molar-refractivity contribution in [3.8, 4) is 5.75 Å². The Morgan fingerprint density at radius 2 is 1.47 bits per heavy atom. The van der Waals surface area contributed by atoms with Crippen molar-refractivity contribution in [1.29, 1.82) is 0 Å². The van der Waals surface area contributed by atoms with Gasteiger partial charge in [-0.2, -0.15) is 30.6 Å². The van der Waals surface area contributed by atoms with E-state index in [1.807, 2.05) is 12.1 Å². The summed E-state index contributed by atoms with van der Waals surface area (Å²) in [7, 11) is -3.44. The number of rotatable bonds is 4. The van der Waals surface area contributed by atoms with Gasteiger partial charge in [-0.1, -0.05) is 0 Å². The Labute approximate surface area is 215 Å². The van der Waals surface area contributed by atoms with Gasteiger partial charge in [-0.3, -0.25) is 9.97 Å². The number of hydrogen-bond acceptors (Lipinski definition) is 8. The molecule has 10 nitrogen and oxygen atoms in total. The van der Waals surface area contributed by atoms with E-state index < -0.39 is 34.3 Å². The number of ether oxygens (including phenoxy) is 1. The van der Waals surface area contributed by atoms with E-state index in [4.69, 9.17) is 24.5 Å². The van der Waals surface area contributed by atoms with Gasteiger partial charge in [0.2, 0.25) is 10.0 Å². The number of pyridine rings is 2. The first-order valence-corrected chi connectivity index (χ1v) is 12.6. The van der Waals surface area contributed by atoms with Crippen molar-refractivity contribution in [2.75, 3.05) is 18.8 Å². The van der Waals surface area contributed by atoms with Crippen molar-refractivity contribution in [2.45, 2.75) is 34.5 Å². The lowest BCUT2D eigenvalue weighted by atomic mass is 9.95. The molecule has 2 aromatic heterocycles. The standard InChI is InChI=1S/C16H17N3O3S2.2C2HF3O2/c20-24(21,15-4-2-6-18-9-15)19-11-16(12-19)7-14(10-23-16)22-13-3-1-5-17-8-13;2*3-2(4,5)1(6)7/h1-6,8-9,14H,7,10-12H2;2*(H,6,7). The Morgan fingerprint density at radius 3 is 1.89 bits per heavy atom. The van der Waals surface area contributed by atoms with Crippen LogP contribution >= 0.6 is 11.8 Å². The van der Waals surface area contributed by atoms with E-state index in [0.29, 0.717) is 13.1 Å². The molecule has 2 fully saturated rings. The molecule has 2 aliphatic rings. The number of alkyl halides is 6. The summed E-state index contributed by atoms with van der Waals surface area (Å²) in [6.45, 7) is 1.06. The molecule has 2 aliphatic heterocycles. The molecule has 38 heavy (non-hydrogen) atoms. The van der Waals surface area contributed by atoms with Gasteiger partial charge in [0.15, 0.2) is 0 Å². The van der Waals surface area contributed by atoms with Crippen LogP contribution < -0.4 is 4.74 Å². The fourth-order valence-electron chi connectivity index (χ4n) is 3.12. The first-order chi connectivity index (χ1) is 17.5. The van der Waals surface area contributed by atoms with Crippen molar-refractivity contribution in [3.05, 3.63) is 49.1 Å². The minimum Gasteiger partial charge on any atom is -0.488 e. The highest BCUT2D eigenvalue weighted by atomic mass is 32.2. The number of carboxylic acid groups (broad SMARTS) is 2. The van der Waals surface area contributed by atoms with Gasteiger partial charge in [0, 0.05) is 48.6 Å². The SMILES string of the molecule is O=C(O)C(F)(F)F.O=C(O)C(F)(F)F.O=S(=O)(c1cccnc1)N1CC2(CC(Oc3cccnc3)CS2)C1. The van der Waals surface area contributed by atoms with Crippen LogP contribution in [0.4, 0.5) is 26.3 Å². The molecular formula is C20H19F6N3O7S2. The van der Waals surface area contributed by atoms with E-state index in [-0.39, 0.29) is 15.7 Å². The molecule has 0 saturated carbocycles. The zero-order chi connectivity index (χ0) is 28.8.